The first kappa shape index (κ1) is 14.3. The lowest BCUT2D eigenvalue weighted by atomic mass is 10.1. The molecule has 100 valence electrons. The van der Waals surface area contributed by atoms with Crippen molar-refractivity contribution in [3.8, 4) is 5.75 Å². The van der Waals surface area contributed by atoms with Crippen LogP contribution in [0.15, 0.2) is 18.2 Å². The standard InChI is InChI=1S/C13H20N2O3/c1-8(6-9(2)16)15-13(17)11-7-10(14)4-5-12(11)18-3/h4-5,7-9,16H,6,14H2,1-3H3,(H,15,17). The molecule has 1 amide bonds. The van der Waals surface area contributed by atoms with Crippen LogP contribution in [0.25, 0.3) is 0 Å². The van der Waals surface area contributed by atoms with Gasteiger partial charge >= 0.3 is 0 Å². The number of rotatable bonds is 5. The molecule has 0 heterocycles. The molecule has 1 aromatic carbocycles. The number of methoxy groups -OCH3 is 1. The fourth-order valence-corrected chi connectivity index (χ4v) is 1.78. The second kappa shape index (κ2) is 6.26. The quantitative estimate of drug-likeness (QED) is 0.687. The van der Waals surface area contributed by atoms with Gasteiger partial charge in [-0.05, 0) is 38.5 Å². The first-order valence-electron chi connectivity index (χ1n) is 5.86. The minimum absolute atomic E-state index is 0.122. The van der Waals surface area contributed by atoms with Crippen LogP contribution in [0.4, 0.5) is 5.69 Å². The number of aliphatic hydroxyl groups is 1. The van der Waals surface area contributed by atoms with Crippen LogP contribution in [0, 0.1) is 0 Å². The Morgan fingerprint density at radius 1 is 1.50 bits per heavy atom. The average molecular weight is 252 g/mol. The first-order valence-corrected chi connectivity index (χ1v) is 5.86. The number of hydrogen-bond donors (Lipinski definition) is 3. The second-order valence-corrected chi connectivity index (χ2v) is 4.42. The Labute approximate surface area is 107 Å². The zero-order valence-corrected chi connectivity index (χ0v) is 10.9. The second-order valence-electron chi connectivity index (χ2n) is 4.42. The fourth-order valence-electron chi connectivity index (χ4n) is 1.78. The van der Waals surface area contributed by atoms with Gasteiger partial charge in [0, 0.05) is 11.7 Å². The smallest absolute Gasteiger partial charge is 0.255 e. The molecule has 0 aliphatic carbocycles. The molecule has 0 aliphatic rings. The Morgan fingerprint density at radius 2 is 2.17 bits per heavy atom. The zero-order chi connectivity index (χ0) is 13.7. The Kier molecular flexibility index (Phi) is 4.97. The number of anilines is 1. The van der Waals surface area contributed by atoms with Crippen LogP contribution in [0.5, 0.6) is 5.75 Å². The van der Waals surface area contributed by atoms with E-state index < -0.39 is 6.10 Å². The number of carbonyl (C=O) groups is 1. The molecule has 0 saturated carbocycles. The number of carbonyl (C=O) groups excluding carboxylic acids is 1. The summed E-state index contributed by atoms with van der Waals surface area (Å²) in [5, 5.41) is 12.1. The summed E-state index contributed by atoms with van der Waals surface area (Å²) in [5.41, 5.74) is 6.56. The van der Waals surface area contributed by atoms with Gasteiger partial charge in [0.15, 0.2) is 0 Å². The maximum absolute atomic E-state index is 12.0. The molecule has 18 heavy (non-hydrogen) atoms. The number of ether oxygens (including phenoxy) is 1. The molecule has 0 aliphatic heterocycles. The van der Waals surface area contributed by atoms with Crippen molar-refractivity contribution < 1.29 is 14.6 Å². The van der Waals surface area contributed by atoms with Gasteiger partial charge in [0.05, 0.1) is 18.8 Å². The van der Waals surface area contributed by atoms with Gasteiger partial charge in [0.25, 0.3) is 5.91 Å². The highest BCUT2D eigenvalue weighted by molar-refractivity contribution is 5.98. The molecule has 1 aromatic rings. The summed E-state index contributed by atoms with van der Waals surface area (Å²) in [4.78, 5) is 12.0. The number of aliphatic hydroxyl groups excluding tert-OH is 1. The molecule has 0 fully saturated rings. The molecule has 5 heteroatoms. The minimum atomic E-state index is -0.456. The molecule has 1 rings (SSSR count). The molecular formula is C13H20N2O3. The summed E-state index contributed by atoms with van der Waals surface area (Å²) in [6.45, 7) is 3.52. The van der Waals surface area contributed by atoms with Crippen LogP contribution in [0.3, 0.4) is 0 Å². The highest BCUT2D eigenvalue weighted by atomic mass is 16.5. The van der Waals surface area contributed by atoms with E-state index in [1.54, 1.807) is 25.1 Å². The van der Waals surface area contributed by atoms with E-state index in [0.717, 1.165) is 0 Å². The molecular weight excluding hydrogens is 232 g/mol. The van der Waals surface area contributed by atoms with Crippen molar-refractivity contribution >= 4 is 11.6 Å². The van der Waals surface area contributed by atoms with Crippen molar-refractivity contribution in [2.24, 2.45) is 0 Å². The zero-order valence-electron chi connectivity index (χ0n) is 10.9. The van der Waals surface area contributed by atoms with E-state index in [1.807, 2.05) is 6.92 Å². The van der Waals surface area contributed by atoms with Crippen molar-refractivity contribution in [2.75, 3.05) is 12.8 Å². The van der Waals surface area contributed by atoms with Crippen LogP contribution in [0.2, 0.25) is 0 Å². The predicted molar refractivity (Wildman–Crippen MR) is 70.6 cm³/mol. The maximum Gasteiger partial charge on any atom is 0.255 e. The van der Waals surface area contributed by atoms with Crippen LogP contribution in [-0.4, -0.2) is 30.3 Å². The summed E-state index contributed by atoms with van der Waals surface area (Å²) in [5.74, 6) is 0.221. The largest absolute Gasteiger partial charge is 0.496 e. The molecule has 0 spiro atoms. The third kappa shape index (κ3) is 3.92. The van der Waals surface area contributed by atoms with Gasteiger partial charge in [0.2, 0.25) is 0 Å². The van der Waals surface area contributed by atoms with E-state index in [0.29, 0.717) is 23.4 Å². The Balaban J connectivity index is 2.80. The Bertz CT molecular complexity index is 419. The fraction of sp³-hybridized carbons (Fsp3) is 0.462. The lowest BCUT2D eigenvalue weighted by Gasteiger charge is -2.16. The van der Waals surface area contributed by atoms with Crippen molar-refractivity contribution in [3.05, 3.63) is 23.8 Å². The van der Waals surface area contributed by atoms with Gasteiger partial charge in [-0.1, -0.05) is 0 Å². The Hall–Kier alpha value is -1.75. The third-order valence-corrected chi connectivity index (χ3v) is 2.54. The third-order valence-electron chi connectivity index (χ3n) is 2.54. The topological polar surface area (TPSA) is 84.6 Å². The van der Waals surface area contributed by atoms with Gasteiger partial charge in [-0.2, -0.15) is 0 Å². The van der Waals surface area contributed by atoms with E-state index >= 15 is 0 Å². The highest BCUT2D eigenvalue weighted by Crippen LogP contribution is 2.21. The molecule has 0 bridgehead atoms. The van der Waals surface area contributed by atoms with Gasteiger partial charge < -0.3 is 20.9 Å². The molecule has 2 unspecified atom stereocenters. The number of hydrogen-bond acceptors (Lipinski definition) is 4. The number of amides is 1. The number of nitrogens with two attached hydrogens (primary N) is 1. The van der Waals surface area contributed by atoms with E-state index in [9.17, 15) is 9.90 Å². The van der Waals surface area contributed by atoms with Crippen LogP contribution in [-0.2, 0) is 0 Å². The predicted octanol–water partition coefficient (Wildman–Crippen LogP) is 1.17. The molecule has 0 radical (unpaired) electrons. The molecule has 2 atom stereocenters. The summed E-state index contributed by atoms with van der Waals surface area (Å²) >= 11 is 0. The van der Waals surface area contributed by atoms with Gasteiger partial charge in [-0.25, -0.2) is 0 Å². The number of nitrogen functional groups attached to an aromatic ring is 1. The number of nitrogens with one attached hydrogen (secondary N) is 1. The molecule has 4 N–H and O–H groups in total. The van der Waals surface area contributed by atoms with Gasteiger partial charge in [0.1, 0.15) is 5.75 Å². The molecule has 5 nitrogen and oxygen atoms in total. The summed E-state index contributed by atoms with van der Waals surface area (Å²) < 4.78 is 5.12. The van der Waals surface area contributed by atoms with E-state index in [2.05, 4.69) is 5.32 Å². The minimum Gasteiger partial charge on any atom is -0.496 e. The van der Waals surface area contributed by atoms with E-state index in [1.165, 1.54) is 7.11 Å². The van der Waals surface area contributed by atoms with E-state index in [4.69, 9.17) is 10.5 Å². The van der Waals surface area contributed by atoms with E-state index in [-0.39, 0.29) is 11.9 Å². The van der Waals surface area contributed by atoms with Crippen molar-refractivity contribution in [1.82, 2.24) is 5.32 Å². The van der Waals surface area contributed by atoms with Crippen molar-refractivity contribution in [2.45, 2.75) is 32.4 Å². The van der Waals surface area contributed by atoms with Gasteiger partial charge in [-0.15, -0.1) is 0 Å². The monoisotopic (exact) mass is 252 g/mol. The Morgan fingerprint density at radius 3 is 2.72 bits per heavy atom. The first-order chi connectivity index (χ1) is 8.43. The van der Waals surface area contributed by atoms with Crippen LogP contribution < -0.4 is 15.8 Å². The summed E-state index contributed by atoms with van der Waals surface area (Å²) in [7, 11) is 1.50. The van der Waals surface area contributed by atoms with Crippen LogP contribution >= 0.6 is 0 Å². The maximum atomic E-state index is 12.0. The van der Waals surface area contributed by atoms with Crippen molar-refractivity contribution in [1.29, 1.82) is 0 Å². The summed E-state index contributed by atoms with van der Waals surface area (Å²) in [6.07, 6.45) is 0.0409. The molecule has 0 saturated heterocycles. The number of benzene rings is 1. The normalized spacial score (nSPS) is 13.8. The van der Waals surface area contributed by atoms with Crippen molar-refractivity contribution in [3.63, 3.8) is 0 Å². The van der Waals surface area contributed by atoms with Gasteiger partial charge in [-0.3, -0.25) is 4.79 Å². The lowest BCUT2D eigenvalue weighted by Crippen LogP contribution is -2.34. The molecule has 0 aromatic heterocycles. The summed E-state index contributed by atoms with van der Waals surface area (Å²) in [6, 6.07) is 4.78. The SMILES string of the molecule is COc1ccc(N)cc1C(=O)NC(C)CC(C)O. The average Bonchev–Trinajstić information content (AvgIpc) is 2.27. The highest BCUT2D eigenvalue weighted by Gasteiger charge is 2.15. The lowest BCUT2D eigenvalue weighted by molar-refractivity contribution is 0.0920. The van der Waals surface area contributed by atoms with Crippen LogP contribution in [0.1, 0.15) is 30.6 Å².